The number of quaternary nitrogens is 1. The lowest BCUT2D eigenvalue weighted by atomic mass is 9.76. The molecule has 1 aliphatic carbocycles. The average molecular weight is 446 g/mol. The van der Waals surface area contributed by atoms with Crippen LogP contribution in [-0.2, 0) is 24.7 Å². The number of nitrogens with one attached hydrogen (secondary N) is 1. The number of fused-ring (bicyclic) bond motifs is 4. The van der Waals surface area contributed by atoms with Crippen molar-refractivity contribution in [2.24, 2.45) is 17.6 Å². The lowest BCUT2D eigenvalue weighted by Gasteiger charge is -2.32. The molecule has 0 bridgehead atoms. The Labute approximate surface area is 184 Å². The summed E-state index contributed by atoms with van der Waals surface area (Å²) in [5.41, 5.74) is 6.14. The minimum Gasteiger partial charge on any atom is -0.369 e. The van der Waals surface area contributed by atoms with E-state index >= 15 is 0 Å². The Bertz CT molecular complexity index is 1020. The van der Waals surface area contributed by atoms with Gasteiger partial charge in [0, 0.05) is 16.6 Å². The average Bonchev–Trinajstić information content (AvgIpc) is 3.30. The minimum atomic E-state index is -1.30. The lowest BCUT2D eigenvalue weighted by molar-refractivity contribution is -0.732. The number of nitrogens with zero attached hydrogens (tertiary/aromatic N) is 1. The molecular formula is C22H26ClN4O4+. The van der Waals surface area contributed by atoms with Gasteiger partial charge in [0.25, 0.3) is 5.91 Å². The van der Waals surface area contributed by atoms with E-state index in [9.17, 15) is 19.2 Å². The second-order valence-corrected chi connectivity index (χ2v) is 9.67. The van der Waals surface area contributed by atoms with Gasteiger partial charge < -0.3 is 16.4 Å². The van der Waals surface area contributed by atoms with Gasteiger partial charge in [-0.2, -0.15) is 0 Å². The van der Waals surface area contributed by atoms with Gasteiger partial charge >= 0.3 is 0 Å². The van der Waals surface area contributed by atoms with Gasteiger partial charge in [0.15, 0.2) is 0 Å². The Morgan fingerprint density at radius 3 is 2.61 bits per heavy atom. The lowest BCUT2D eigenvalue weighted by Crippen LogP contribution is -2.99. The number of carbonyl (C=O) groups excluding carboxylic acids is 4. The van der Waals surface area contributed by atoms with Crippen LogP contribution < -0.4 is 16.4 Å². The number of hydrogen-bond donors (Lipinski definition) is 3. The summed E-state index contributed by atoms with van der Waals surface area (Å²) in [6, 6.07) is 2.76. The normalized spacial score (nSPS) is 32.5. The number of primary amides is 1. The van der Waals surface area contributed by atoms with Crippen LogP contribution in [-0.4, -0.2) is 40.6 Å². The Balaban J connectivity index is 1.65. The van der Waals surface area contributed by atoms with Gasteiger partial charge in [-0.3, -0.25) is 24.1 Å². The predicted molar refractivity (Wildman–Crippen MR) is 112 cm³/mol. The zero-order chi connectivity index (χ0) is 22.1. The molecule has 4 aliphatic rings. The number of hydrogen-bond acceptors (Lipinski definition) is 4. The number of halogens is 1. The van der Waals surface area contributed by atoms with Crippen molar-refractivity contribution in [2.75, 3.05) is 5.32 Å². The van der Waals surface area contributed by atoms with Crippen molar-refractivity contribution in [1.29, 1.82) is 0 Å². The third-order valence-electron chi connectivity index (χ3n) is 7.65. The van der Waals surface area contributed by atoms with E-state index in [4.69, 9.17) is 17.3 Å². The highest BCUT2D eigenvalue weighted by atomic mass is 35.5. The summed E-state index contributed by atoms with van der Waals surface area (Å²) in [6.45, 7) is 1.81. The number of rotatable bonds is 3. The highest BCUT2D eigenvalue weighted by molar-refractivity contribution is 6.32. The largest absolute Gasteiger partial charge is 0.369 e. The molecule has 3 heterocycles. The van der Waals surface area contributed by atoms with Gasteiger partial charge in [-0.15, -0.1) is 0 Å². The van der Waals surface area contributed by atoms with Crippen LogP contribution in [0.25, 0.3) is 0 Å². The number of anilines is 1. The van der Waals surface area contributed by atoms with E-state index in [1.807, 2.05) is 6.92 Å². The monoisotopic (exact) mass is 445 g/mol. The molecule has 9 heteroatoms. The number of likely N-dealkylation sites (tertiary alicyclic amines) is 1. The summed E-state index contributed by atoms with van der Waals surface area (Å²) in [6.07, 6.45) is 4.53. The fourth-order valence-corrected chi connectivity index (χ4v) is 6.45. The van der Waals surface area contributed by atoms with Gasteiger partial charge in [0.2, 0.25) is 23.3 Å². The molecule has 8 nitrogen and oxygen atoms in total. The molecule has 1 spiro atoms. The van der Waals surface area contributed by atoms with Crippen molar-refractivity contribution in [1.82, 2.24) is 4.90 Å². The zero-order valence-corrected chi connectivity index (χ0v) is 18.1. The number of nitrogens with two attached hydrogens (primary N) is 2. The molecule has 1 saturated carbocycles. The van der Waals surface area contributed by atoms with Crippen LogP contribution in [0.2, 0.25) is 5.02 Å². The summed E-state index contributed by atoms with van der Waals surface area (Å²) in [4.78, 5) is 54.0. The molecule has 0 radical (unpaired) electrons. The van der Waals surface area contributed by atoms with Crippen LogP contribution in [0.4, 0.5) is 5.69 Å². The summed E-state index contributed by atoms with van der Waals surface area (Å²) in [5, 5.41) is 5.15. The first-order valence-corrected chi connectivity index (χ1v) is 11.3. The van der Waals surface area contributed by atoms with Crippen LogP contribution in [0, 0.1) is 18.8 Å². The van der Waals surface area contributed by atoms with Crippen LogP contribution in [0.3, 0.4) is 0 Å². The second kappa shape index (κ2) is 7.03. The van der Waals surface area contributed by atoms with E-state index in [0.717, 1.165) is 32.1 Å². The van der Waals surface area contributed by atoms with Crippen LogP contribution in [0.5, 0.6) is 0 Å². The fourth-order valence-electron chi connectivity index (χ4n) is 6.29. The molecule has 4 atom stereocenters. The summed E-state index contributed by atoms with van der Waals surface area (Å²) in [5.74, 6) is -3.10. The third kappa shape index (κ3) is 2.70. The SMILES string of the molecule is Cc1c(Cl)ccc2c1NC(=O)[C@]21[NH2+][C@@H](CC(N)=O)[C@H]2C(=O)N(C3CCCCC3)C(=O)[C@H]21. The Morgan fingerprint density at radius 2 is 1.94 bits per heavy atom. The molecule has 3 fully saturated rings. The molecule has 164 valence electrons. The molecule has 31 heavy (non-hydrogen) atoms. The first-order chi connectivity index (χ1) is 14.8. The Hall–Kier alpha value is -2.45. The topological polar surface area (TPSA) is 126 Å². The van der Waals surface area contributed by atoms with Gasteiger partial charge in [0.05, 0.1) is 12.1 Å². The molecule has 4 amide bonds. The molecule has 1 aromatic rings. The number of amides is 4. The van der Waals surface area contributed by atoms with Crippen molar-refractivity contribution < 1.29 is 24.5 Å². The molecule has 0 unspecified atom stereocenters. The molecular weight excluding hydrogens is 420 g/mol. The smallest absolute Gasteiger partial charge is 0.291 e. The standard InChI is InChI=1S/C22H25ClN4O4/c1-10-13(23)8-7-12-18(10)25-21(31)22(12)17-16(14(26-22)9-15(24)28)19(29)27(20(17)30)11-5-3-2-4-6-11/h7-8,11,14,16-17,26H,2-6,9H2,1H3,(H2,24,28)(H,25,31)/p+1/t14-,16+,17-,22-/m0/s1. The van der Waals surface area contributed by atoms with E-state index in [1.54, 1.807) is 17.4 Å². The van der Waals surface area contributed by atoms with Crippen molar-refractivity contribution in [3.8, 4) is 0 Å². The fraction of sp³-hybridized carbons (Fsp3) is 0.545. The number of carbonyl (C=O) groups is 4. The van der Waals surface area contributed by atoms with Crippen molar-refractivity contribution in [3.05, 3.63) is 28.3 Å². The summed E-state index contributed by atoms with van der Waals surface area (Å²) >= 11 is 6.27. The maximum atomic E-state index is 13.8. The minimum absolute atomic E-state index is 0.0738. The van der Waals surface area contributed by atoms with E-state index < -0.39 is 29.3 Å². The molecule has 0 aromatic heterocycles. The van der Waals surface area contributed by atoms with Gasteiger partial charge in [-0.05, 0) is 37.5 Å². The van der Waals surface area contributed by atoms with Gasteiger partial charge in [0.1, 0.15) is 17.9 Å². The van der Waals surface area contributed by atoms with Crippen molar-refractivity contribution >= 4 is 40.9 Å². The summed E-state index contributed by atoms with van der Waals surface area (Å²) in [7, 11) is 0. The van der Waals surface area contributed by atoms with Crippen LogP contribution in [0.15, 0.2) is 12.1 Å². The maximum absolute atomic E-state index is 13.8. The number of imide groups is 1. The maximum Gasteiger partial charge on any atom is 0.291 e. The highest BCUT2D eigenvalue weighted by Crippen LogP contribution is 2.51. The third-order valence-corrected chi connectivity index (χ3v) is 8.06. The molecule has 5 N–H and O–H groups in total. The van der Waals surface area contributed by atoms with Gasteiger partial charge in [-0.1, -0.05) is 30.9 Å². The van der Waals surface area contributed by atoms with E-state index in [-0.39, 0.29) is 30.2 Å². The van der Waals surface area contributed by atoms with Crippen molar-refractivity contribution in [2.45, 2.75) is 63.1 Å². The Kier molecular flexibility index (Phi) is 4.64. The first-order valence-electron chi connectivity index (χ1n) is 10.9. The summed E-state index contributed by atoms with van der Waals surface area (Å²) < 4.78 is 0. The zero-order valence-electron chi connectivity index (χ0n) is 17.3. The van der Waals surface area contributed by atoms with E-state index in [2.05, 4.69) is 5.32 Å². The molecule has 5 rings (SSSR count). The first kappa shape index (κ1) is 20.5. The quantitative estimate of drug-likeness (QED) is 0.587. The highest BCUT2D eigenvalue weighted by Gasteiger charge is 2.74. The molecule has 2 saturated heterocycles. The second-order valence-electron chi connectivity index (χ2n) is 9.26. The van der Waals surface area contributed by atoms with Crippen LogP contribution in [0.1, 0.15) is 49.7 Å². The van der Waals surface area contributed by atoms with E-state index in [0.29, 0.717) is 21.8 Å². The van der Waals surface area contributed by atoms with Crippen LogP contribution >= 0.6 is 11.6 Å². The van der Waals surface area contributed by atoms with E-state index in [1.165, 1.54) is 4.90 Å². The molecule has 1 aromatic carbocycles. The number of benzene rings is 1. The van der Waals surface area contributed by atoms with Gasteiger partial charge in [-0.25, -0.2) is 0 Å². The molecule has 3 aliphatic heterocycles. The predicted octanol–water partition coefficient (Wildman–Crippen LogP) is 0.551. The van der Waals surface area contributed by atoms with Crippen molar-refractivity contribution in [3.63, 3.8) is 0 Å². The Morgan fingerprint density at radius 1 is 1.23 bits per heavy atom.